The smallest absolute Gasteiger partial charge is 0.266 e. The molecular weight excluding hydrogens is 380 g/mol. The second-order valence-electron chi connectivity index (χ2n) is 5.06. The minimum atomic E-state index is -3.88. The van der Waals surface area contributed by atoms with E-state index in [1.807, 2.05) is 4.83 Å². The molecule has 0 fully saturated rings. The van der Waals surface area contributed by atoms with Gasteiger partial charge in [-0.15, -0.1) is 4.83 Å². The predicted octanol–water partition coefficient (Wildman–Crippen LogP) is 2.59. The van der Waals surface area contributed by atoms with Gasteiger partial charge in [0.2, 0.25) is 0 Å². The van der Waals surface area contributed by atoms with Crippen LogP contribution in [0.5, 0.6) is 11.5 Å². The van der Waals surface area contributed by atoms with E-state index in [0.717, 1.165) is 5.41 Å². The van der Waals surface area contributed by atoms with Crippen LogP contribution in [0.2, 0.25) is 5.02 Å². The van der Waals surface area contributed by atoms with Crippen LogP contribution in [0.4, 0.5) is 0 Å². The molecule has 7 nitrogen and oxygen atoms in total. The van der Waals surface area contributed by atoms with Crippen LogP contribution in [0.1, 0.15) is 15.9 Å². The van der Waals surface area contributed by atoms with Crippen LogP contribution in [-0.2, 0) is 10.0 Å². The summed E-state index contributed by atoms with van der Waals surface area (Å²) in [5, 5.41) is 1.48. The Balaban J connectivity index is 2.04. The number of sulfonamides is 1. The molecule has 2 N–H and O–H groups in total. The Labute approximate surface area is 156 Å². The molecule has 2 aromatic carbocycles. The van der Waals surface area contributed by atoms with Crippen molar-refractivity contribution in [2.24, 2.45) is 0 Å². The molecule has 0 heterocycles. The Bertz CT molecular complexity index is 889. The molecule has 0 saturated carbocycles. The zero-order chi connectivity index (χ0) is 19.2. The van der Waals surface area contributed by atoms with E-state index in [0.29, 0.717) is 22.1 Å². The molecule has 0 atom stereocenters. The number of hydrogen-bond acceptors (Lipinski definition) is 5. The first-order valence-corrected chi connectivity index (χ1v) is 9.24. The van der Waals surface area contributed by atoms with Crippen molar-refractivity contribution in [3.8, 4) is 11.5 Å². The van der Waals surface area contributed by atoms with Crippen LogP contribution in [-0.4, -0.2) is 28.5 Å². The van der Waals surface area contributed by atoms with Gasteiger partial charge in [0.05, 0.1) is 14.2 Å². The fraction of sp³-hybridized carbons (Fsp3) is 0.118. The summed E-state index contributed by atoms with van der Waals surface area (Å²) in [6.45, 7) is 0. The number of halogens is 1. The number of amides is 1. The van der Waals surface area contributed by atoms with E-state index in [1.54, 1.807) is 30.3 Å². The lowest BCUT2D eigenvalue weighted by molar-refractivity contribution is 0.0944. The van der Waals surface area contributed by atoms with Gasteiger partial charge in [-0.05, 0) is 35.9 Å². The summed E-state index contributed by atoms with van der Waals surface area (Å²) in [6, 6.07) is 11.1. The largest absolute Gasteiger partial charge is 0.497 e. The molecule has 138 valence electrons. The van der Waals surface area contributed by atoms with Crippen molar-refractivity contribution in [2.45, 2.75) is 0 Å². The highest BCUT2D eigenvalue weighted by Gasteiger charge is 2.12. The minimum absolute atomic E-state index is 0.172. The Hall–Kier alpha value is -2.55. The van der Waals surface area contributed by atoms with Gasteiger partial charge in [0.15, 0.2) is 0 Å². The molecule has 0 radical (unpaired) electrons. The lowest BCUT2D eigenvalue weighted by Gasteiger charge is -2.09. The molecule has 0 aliphatic rings. The van der Waals surface area contributed by atoms with Crippen molar-refractivity contribution >= 4 is 33.6 Å². The third kappa shape index (κ3) is 5.76. The van der Waals surface area contributed by atoms with Crippen LogP contribution in [0.15, 0.2) is 47.9 Å². The molecule has 0 spiro atoms. The van der Waals surface area contributed by atoms with E-state index in [9.17, 15) is 13.2 Å². The normalized spacial score (nSPS) is 11.3. The summed E-state index contributed by atoms with van der Waals surface area (Å²) in [4.78, 5) is 14.1. The van der Waals surface area contributed by atoms with E-state index in [1.165, 1.54) is 32.4 Å². The monoisotopic (exact) mass is 396 g/mol. The van der Waals surface area contributed by atoms with E-state index in [2.05, 4.69) is 5.43 Å². The highest BCUT2D eigenvalue weighted by molar-refractivity contribution is 7.92. The highest BCUT2D eigenvalue weighted by Crippen LogP contribution is 2.22. The number of ether oxygens (including phenoxy) is 2. The van der Waals surface area contributed by atoms with Crippen molar-refractivity contribution in [2.75, 3.05) is 14.2 Å². The number of benzene rings is 2. The van der Waals surface area contributed by atoms with Crippen molar-refractivity contribution in [3.05, 3.63) is 64.0 Å². The molecule has 2 rings (SSSR count). The lowest BCUT2D eigenvalue weighted by Crippen LogP contribution is -2.40. The van der Waals surface area contributed by atoms with Gasteiger partial charge >= 0.3 is 0 Å². The van der Waals surface area contributed by atoms with Gasteiger partial charge in [0, 0.05) is 22.1 Å². The number of rotatable bonds is 7. The van der Waals surface area contributed by atoms with Gasteiger partial charge in [-0.1, -0.05) is 23.7 Å². The third-order valence-electron chi connectivity index (χ3n) is 3.23. The fourth-order valence-electron chi connectivity index (χ4n) is 1.90. The first kappa shape index (κ1) is 19.8. The zero-order valence-corrected chi connectivity index (χ0v) is 15.6. The van der Waals surface area contributed by atoms with Gasteiger partial charge in [-0.3, -0.25) is 10.2 Å². The summed E-state index contributed by atoms with van der Waals surface area (Å²) in [5.74, 6) is 0.144. The van der Waals surface area contributed by atoms with Gasteiger partial charge in [0.1, 0.15) is 11.5 Å². The Kier molecular flexibility index (Phi) is 6.62. The van der Waals surface area contributed by atoms with Gasteiger partial charge < -0.3 is 9.47 Å². The molecule has 2 aromatic rings. The van der Waals surface area contributed by atoms with Crippen LogP contribution in [0.25, 0.3) is 6.08 Å². The van der Waals surface area contributed by atoms with E-state index < -0.39 is 15.9 Å². The van der Waals surface area contributed by atoms with Crippen molar-refractivity contribution < 1.29 is 22.7 Å². The van der Waals surface area contributed by atoms with E-state index in [-0.39, 0.29) is 5.56 Å². The van der Waals surface area contributed by atoms with Crippen LogP contribution in [0.3, 0.4) is 0 Å². The molecule has 0 saturated heterocycles. The van der Waals surface area contributed by atoms with Crippen molar-refractivity contribution in [1.82, 2.24) is 10.3 Å². The molecular formula is C17H17ClN2O5S. The van der Waals surface area contributed by atoms with Crippen molar-refractivity contribution in [1.29, 1.82) is 0 Å². The summed E-state index contributed by atoms with van der Waals surface area (Å²) in [5.41, 5.74) is 2.94. The van der Waals surface area contributed by atoms with Gasteiger partial charge in [-0.2, -0.15) is 0 Å². The number of carbonyl (C=O) groups is 1. The Morgan fingerprint density at radius 1 is 1.04 bits per heavy atom. The number of methoxy groups -OCH3 is 2. The Morgan fingerprint density at radius 3 is 2.15 bits per heavy atom. The van der Waals surface area contributed by atoms with Crippen molar-refractivity contribution in [3.63, 3.8) is 0 Å². The first-order valence-electron chi connectivity index (χ1n) is 7.32. The zero-order valence-electron chi connectivity index (χ0n) is 14.0. The van der Waals surface area contributed by atoms with Crippen LogP contribution in [0, 0.1) is 0 Å². The average molecular weight is 397 g/mol. The second-order valence-corrected chi connectivity index (χ2v) is 7.06. The molecule has 1 amide bonds. The summed E-state index contributed by atoms with van der Waals surface area (Å²) in [6.07, 6.45) is 1.37. The van der Waals surface area contributed by atoms with E-state index in [4.69, 9.17) is 21.1 Å². The summed E-state index contributed by atoms with van der Waals surface area (Å²) >= 11 is 5.77. The maximum Gasteiger partial charge on any atom is 0.266 e. The summed E-state index contributed by atoms with van der Waals surface area (Å²) < 4.78 is 34.1. The number of hydrazine groups is 1. The molecule has 0 bridgehead atoms. The second kappa shape index (κ2) is 8.70. The predicted molar refractivity (Wildman–Crippen MR) is 99.6 cm³/mol. The molecule has 26 heavy (non-hydrogen) atoms. The van der Waals surface area contributed by atoms with Gasteiger partial charge in [0.25, 0.3) is 15.9 Å². The third-order valence-corrected chi connectivity index (χ3v) is 4.36. The quantitative estimate of drug-likeness (QED) is 0.701. The minimum Gasteiger partial charge on any atom is -0.497 e. The molecule has 0 aliphatic heterocycles. The highest BCUT2D eigenvalue weighted by atomic mass is 35.5. The fourth-order valence-corrected chi connectivity index (χ4v) is 2.67. The van der Waals surface area contributed by atoms with Gasteiger partial charge in [-0.25, -0.2) is 8.42 Å². The first-order chi connectivity index (χ1) is 12.3. The van der Waals surface area contributed by atoms with E-state index >= 15 is 0 Å². The number of hydrogen-bond donors (Lipinski definition) is 2. The molecule has 0 aliphatic carbocycles. The van der Waals surface area contributed by atoms with Crippen LogP contribution < -0.4 is 19.7 Å². The number of carbonyl (C=O) groups excluding carboxylic acids is 1. The molecule has 9 heteroatoms. The average Bonchev–Trinajstić information content (AvgIpc) is 2.65. The molecule has 0 aromatic heterocycles. The Morgan fingerprint density at radius 2 is 1.62 bits per heavy atom. The molecule has 0 unspecified atom stereocenters. The number of nitrogens with one attached hydrogen (secondary N) is 2. The topological polar surface area (TPSA) is 93.7 Å². The standard InChI is InChI=1S/C17H17ClN2O5S/c1-24-15-9-13(10-16(11-15)25-2)17(21)19-20-26(22,23)8-7-12-3-5-14(18)6-4-12/h3-11,20H,1-2H3,(H,19,21). The SMILES string of the molecule is COc1cc(OC)cc(C(=O)NNS(=O)(=O)C=Cc2ccc(Cl)cc2)c1. The van der Waals surface area contributed by atoms with Crippen LogP contribution >= 0.6 is 11.6 Å². The summed E-state index contributed by atoms with van der Waals surface area (Å²) in [7, 11) is -0.992. The lowest BCUT2D eigenvalue weighted by atomic mass is 10.2. The maximum atomic E-state index is 12.2. The maximum absolute atomic E-state index is 12.2.